The Hall–Kier alpha value is -1.39. The van der Waals surface area contributed by atoms with Gasteiger partial charge in [-0.3, -0.25) is 4.79 Å². The lowest BCUT2D eigenvalue weighted by Crippen LogP contribution is -2.37. The van der Waals surface area contributed by atoms with E-state index in [1.807, 2.05) is 6.92 Å². The average molecular weight is 276 g/mol. The van der Waals surface area contributed by atoms with Crippen molar-refractivity contribution in [2.45, 2.75) is 51.9 Å². The minimum Gasteiger partial charge on any atom is -0.364 e. The summed E-state index contributed by atoms with van der Waals surface area (Å²) in [5.41, 5.74) is 9.15. The Bertz CT molecular complexity index is 487. The van der Waals surface area contributed by atoms with Gasteiger partial charge in [0.1, 0.15) is 6.10 Å². The fourth-order valence-corrected chi connectivity index (χ4v) is 2.77. The standard InChI is InChI=1S/C16H24N2O2/c1-10-4-6-14(11(2)8-10)12(3)18-16(19)15-7-5-13(9-17)20-15/h4,6,8,12-13,15H,5,7,9,17H2,1-3H3,(H,18,19). The van der Waals surface area contributed by atoms with Gasteiger partial charge >= 0.3 is 0 Å². The summed E-state index contributed by atoms with van der Waals surface area (Å²) in [6, 6.07) is 6.27. The van der Waals surface area contributed by atoms with E-state index in [1.54, 1.807) is 0 Å². The Morgan fingerprint density at radius 1 is 1.45 bits per heavy atom. The van der Waals surface area contributed by atoms with Crippen molar-refractivity contribution in [1.82, 2.24) is 5.32 Å². The number of ether oxygens (including phenoxy) is 1. The van der Waals surface area contributed by atoms with Crippen molar-refractivity contribution in [2.75, 3.05) is 6.54 Å². The highest BCUT2D eigenvalue weighted by Gasteiger charge is 2.30. The lowest BCUT2D eigenvalue weighted by atomic mass is 10.00. The number of rotatable bonds is 4. The van der Waals surface area contributed by atoms with E-state index in [0.717, 1.165) is 18.4 Å². The van der Waals surface area contributed by atoms with E-state index in [1.165, 1.54) is 11.1 Å². The van der Waals surface area contributed by atoms with Crippen molar-refractivity contribution in [1.29, 1.82) is 0 Å². The molecule has 0 saturated carbocycles. The first-order chi connectivity index (χ1) is 9.51. The fraction of sp³-hybridized carbons (Fsp3) is 0.562. The SMILES string of the molecule is Cc1ccc(C(C)NC(=O)C2CCC(CN)O2)c(C)c1. The van der Waals surface area contributed by atoms with Crippen LogP contribution < -0.4 is 11.1 Å². The average Bonchev–Trinajstić information content (AvgIpc) is 2.87. The van der Waals surface area contributed by atoms with Crippen molar-refractivity contribution in [3.05, 3.63) is 34.9 Å². The summed E-state index contributed by atoms with van der Waals surface area (Å²) < 4.78 is 5.62. The molecule has 1 fully saturated rings. The van der Waals surface area contributed by atoms with Crippen LogP contribution in [0.5, 0.6) is 0 Å². The number of carbonyl (C=O) groups is 1. The minimum atomic E-state index is -0.350. The quantitative estimate of drug-likeness (QED) is 0.884. The number of aryl methyl sites for hydroxylation is 2. The van der Waals surface area contributed by atoms with Crippen LogP contribution in [-0.4, -0.2) is 24.7 Å². The molecule has 0 aromatic heterocycles. The third kappa shape index (κ3) is 3.38. The Balaban J connectivity index is 1.97. The van der Waals surface area contributed by atoms with Crippen molar-refractivity contribution in [3.8, 4) is 0 Å². The van der Waals surface area contributed by atoms with Gasteiger partial charge in [-0.05, 0) is 44.7 Å². The van der Waals surface area contributed by atoms with E-state index in [4.69, 9.17) is 10.5 Å². The van der Waals surface area contributed by atoms with Crippen molar-refractivity contribution < 1.29 is 9.53 Å². The van der Waals surface area contributed by atoms with Crippen LogP contribution in [0.15, 0.2) is 18.2 Å². The molecule has 3 atom stereocenters. The second-order valence-corrected chi connectivity index (χ2v) is 5.65. The number of benzene rings is 1. The Labute approximate surface area is 120 Å². The smallest absolute Gasteiger partial charge is 0.249 e. The number of hydrogen-bond acceptors (Lipinski definition) is 3. The van der Waals surface area contributed by atoms with Crippen molar-refractivity contribution in [3.63, 3.8) is 0 Å². The molecule has 1 saturated heterocycles. The van der Waals surface area contributed by atoms with Crippen LogP contribution in [0.3, 0.4) is 0 Å². The Morgan fingerprint density at radius 2 is 2.20 bits per heavy atom. The summed E-state index contributed by atoms with van der Waals surface area (Å²) in [6.07, 6.45) is 1.30. The van der Waals surface area contributed by atoms with Crippen LogP contribution >= 0.6 is 0 Å². The largest absolute Gasteiger partial charge is 0.364 e. The second-order valence-electron chi connectivity index (χ2n) is 5.65. The first-order valence-electron chi connectivity index (χ1n) is 7.24. The van der Waals surface area contributed by atoms with Crippen LogP contribution in [0.4, 0.5) is 0 Å². The van der Waals surface area contributed by atoms with Gasteiger partial charge in [-0.25, -0.2) is 0 Å². The van der Waals surface area contributed by atoms with E-state index in [2.05, 4.69) is 37.4 Å². The third-order valence-corrected chi connectivity index (χ3v) is 3.91. The van der Waals surface area contributed by atoms with Gasteiger partial charge in [-0.2, -0.15) is 0 Å². The summed E-state index contributed by atoms with van der Waals surface area (Å²) in [5, 5.41) is 3.04. The molecule has 3 unspecified atom stereocenters. The summed E-state index contributed by atoms with van der Waals surface area (Å²) in [4.78, 5) is 12.2. The fourth-order valence-electron chi connectivity index (χ4n) is 2.77. The monoisotopic (exact) mass is 276 g/mol. The molecule has 1 aromatic rings. The predicted octanol–water partition coefficient (Wildman–Crippen LogP) is 1.99. The third-order valence-electron chi connectivity index (χ3n) is 3.91. The normalized spacial score (nSPS) is 23.6. The van der Waals surface area contributed by atoms with E-state index >= 15 is 0 Å². The molecule has 110 valence electrons. The number of hydrogen-bond donors (Lipinski definition) is 2. The van der Waals surface area contributed by atoms with Gasteiger partial charge in [0.2, 0.25) is 5.91 Å². The molecule has 0 bridgehead atoms. The van der Waals surface area contributed by atoms with Gasteiger partial charge in [-0.15, -0.1) is 0 Å². The summed E-state index contributed by atoms with van der Waals surface area (Å²) in [5.74, 6) is -0.0339. The maximum Gasteiger partial charge on any atom is 0.249 e. The molecule has 0 aliphatic carbocycles. The first kappa shape index (κ1) is 15.0. The molecule has 4 nitrogen and oxygen atoms in total. The van der Waals surface area contributed by atoms with Gasteiger partial charge < -0.3 is 15.8 Å². The molecule has 0 radical (unpaired) electrons. The second kappa shape index (κ2) is 6.37. The van der Waals surface area contributed by atoms with Gasteiger partial charge in [0.25, 0.3) is 0 Å². The number of nitrogens with one attached hydrogen (secondary N) is 1. The molecule has 2 rings (SSSR count). The molecule has 4 heteroatoms. The summed E-state index contributed by atoms with van der Waals surface area (Å²) >= 11 is 0. The highest BCUT2D eigenvalue weighted by Crippen LogP contribution is 2.22. The highest BCUT2D eigenvalue weighted by molar-refractivity contribution is 5.81. The lowest BCUT2D eigenvalue weighted by molar-refractivity contribution is -0.132. The Kier molecular flexibility index (Phi) is 4.78. The van der Waals surface area contributed by atoms with Crippen LogP contribution in [0, 0.1) is 13.8 Å². The van der Waals surface area contributed by atoms with Crippen molar-refractivity contribution >= 4 is 5.91 Å². The molecular formula is C16H24N2O2. The zero-order valence-electron chi connectivity index (χ0n) is 12.5. The van der Waals surface area contributed by atoms with Crippen molar-refractivity contribution in [2.24, 2.45) is 5.73 Å². The summed E-state index contributed by atoms with van der Waals surface area (Å²) in [7, 11) is 0. The van der Waals surface area contributed by atoms with E-state index < -0.39 is 0 Å². The summed E-state index contributed by atoms with van der Waals surface area (Å²) in [6.45, 7) is 6.63. The van der Waals surface area contributed by atoms with E-state index in [9.17, 15) is 4.79 Å². The molecule has 1 heterocycles. The van der Waals surface area contributed by atoms with E-state index in [0.29, 0.717) is 6.54 Å². The Morgan fingerprint density at radius 3 is 2.80 bits per heavy atom. The molecule has 0 spiro atoms. The molecule has 1 aliphatic rings. The van der Waals surface area contributed by atoms with Crippen LogP contribution in [-0.2, 0) is 9.53 Å². The van der Waals surface area contributed by atoms with Crippen LogP contribution in [0.1, 0.15) is 42.5 Å². The van der Waals surface area contributed by atoms with E-state index in [-0.39, 0.29) is 24.2 Å². The molecule has 1 aliphatic heterocycles. The molecule has 1 amide bonds. The van der Waals surface area contributed by atoms with Crippen LogP contribution in [0.25, 0.3) is 0 Å². The predicted molar refractivity (Wildman–Crippen MR) is 79.4 cm³/mol. The van der Waals surface area contributed by atoms with Gasteiger partial charge in [0.15, 0.2) is 0 Å². The van der Waals surface area contributed by atoms with Crippen LogP contribution in [0.2, 0.25) is 0 Å². The lowest BCUT2D eigenvalue weighted by Gasteiger charge is -2.19. The molecule has 3 N–H and O–H groups in total. The molecule has 20 heavy (non-hydrogen) atoms. The maximum atomic E-state index is 12.2. The van der Waals surface area contributed by atoms with Gasteiger partial charge in [0, 0.05) is 6.54 Å². The zero-order chi connectivity index (χ0) is 14.7. The van der Waals surface area contributed by atoms with Gasteiger partial charge in [0.05, 0.1) is 12.1 Å². The maximum absolute atomic E-state index is 12.2. The zero-order valence-corrected chi connectivity index (χ0v) is 12.5. The topological polar surface area (TPSA) is 64.4 Å². The number of amides is 1. The number of carbonyl (C=O) groups excluding carboxylic acids is 1. The van der Waals surface area contributed by atoms with Gasteiger partial charge in [-0.1, -0.05) is 23.8 Å². The molecular weight excluding hydrogens is 252 g/mol. The first-order valence-corrected chi connectivity index (χ1v) is 7.24. The minimum absolute atomic E-state index is 0.0105. The highest BCUT2D eigenvalue weighted by atomic mass is 16.5. The molecule has 1 aromatic carbocycles. The number of nitrogens with two attached hydrogens (primary N) is 1.